The summed E-state index contributed by atoms with van der Waals surface area (Å²) in [6.07, 6.45) is 1.37. The second-order valence-corrected chi connectivity index (χ2v) is 7.44. The van der Waals surface area contributed by atoms with Gasteiger partial charge in [-0.1, -0.05) is 18.2 Å². The molecule has 1 aromatic heterocycles. The fourth-order valence-corrected chi connectivity index (χ4v) is 3.72. The van der Waals surface area contributed by atoms with Crippen molar-refractivity contribution in [3.8, 4) is 33.9 Å². The summed E-state index contributed by atoms with van der Waals surface area (Å²) in [5.41, 5.74) is 7.30. The lowest BCUT2D eigenvalue weighted by atomic mass is 9.96. The minimum Gasteiger partial charge on any atom is -0.497 e. The number of nitrogens with zero attached hydrogens (tertiary/aromatic N) is 2. The van der Waals surface area contributed by atoms with Gasteiger partial charge in [-0.3, -0.25) is 9.59 Å². The smallest absolute Gasteiger partial charge is 0.240 e. The van der Waals surface area contributed by atoms with Crippen LogP contribution in [0, 0.1) is 0 Å². The highest BCUT2D eigenvalue weighted by molar-refractivity contribution is 5.97. The van der Waals surface area contributed by atoms with E-state index in [2.05, 4.69) is 15.8 Å². The average Bonchev–Trinajstić information content (AvgIpc) is 2.88. The zero-order chi connectivity index (χ0) is 23.2. The second kappa shape index (κ2) is 9.95. The number of aromatic nitrogens is 1. The Labute approximate surface area is 191 Å². The number of pyridine rings is 1. The molecule has 33 heavy (non-hydrogen) atoms. The molecule has 0 aliphatic carbocycles. The summed E-state index contributed by atoms with van der Waals surface area (Å²) in [5, 5.41) is 6.95. The van der Waals surface area contributed by atoms with E-state index in [0.29, 0.717) is 30.7 Å². The quantitative estimate of drug-likeness (QED) is 0.518. The van der Waals surface area contributed by atoms with E-state index in [1.165, 1.54) is 0 Å². The van der Waals surface area contributed by atoms with E-state index >= 15 is 0 Å². The van der Waals surface area contributed by atoms with Gasteiger partial charge in [-0.05, 0) is 54.4 Å². The van der Waals surface area contributed by atoms with Gasteiger partial charge in [0.25, 0.3) is 0 Å². The molecule has 168 valence electrons. The van der Waals surface area contributed by atoms with Crippen molar-refractivity contribution in [3.05, 3.63) is 66.4 Å². The Kier molecular flexibility index (Phi) is 6.64. The van der Waals surface area contributed by atoms with Crippen LogP contribution >= 0.6 is 0 Å². The van der Waals surface area contributed by atoms with Crippen molar-refractivity contribution in [1.82, 2.24) is 15.7 Å². The van der Waals surface area contributed by atoms with Gasteiger partial charge >= 0.3 is 0 Å². The van der Waals surface area contributed by atoms with Gasteiger partial charge in [0.05, 0.1) is 31.3 Å². The fraction of sp³-hybridized carbons (Fsp3) is 0.200. The molecule has 0 bridgehead atoms. The molecule has 1 aliphatic rings. The predicted molar refractivity (Wildman–Crippen MR) is 125 cm³/mol. The van der Waals surface area contributed by atoms with E-state index in [0.717, 1.165) is 33.9 Å². The van der Waals surface area contributed by atoms with Crippen molar-refractivity contribution in [2.75, 3.05) is 14.2 Å². The molecular weight excluding hydrogens is 420 g/mol. The molecular formula is C25H24N4O4. The third-order valence-electron chi connectivity index (χ3n) is 5.48. The molecule has 8 nitrogen and oxygen atoms in total. The van der Waals surface area contributed by atoms with E-state index in [1.54, 1.807) is 14.2 Å². The van der Waals surface area contributed by atoms with Crippen LogP contribution in [0.3, 0.4) is 0 Å². The van der Waals surface area contributed by atoms with Gasteiger partial charge in [-0.25, -0.2) is 10.4 Å². The molecule has 4 rings (SSSR count). The van der Waals surface area contributed by atoms with E-state index < -0.39 is 6.04 Å². The summed E-state index contributed by atoms with van der Waals surface area (Å²) < 4.78 is 10.6. The molecule has 8 heteroatoms. The van der Waals surface area contributed by atoms with Gasteiger partial charge in [0.15, 0.2) is 0 Å². The maximum atomic E-state index is 11.5. The van der Waals surface area contributed by atoms with Crippen LogP contribution in [0.2, 0.25) is 0 Å². The molecule has 0 spiro atoms. The summed E-state index contributed by atoms with van der Waals surface area (Å²) in [4.78, 5) is 27.8. The average molecular weight is 444 g/mol. The van der Waals surface area contributed by atoms with E-state index in [1.807, 2.05) is 60.7 Å². The van der Waals surface area contributed by atoms with Gasteiger partial charge in [0.2, 0.25) is 12.3 Å². The maximum Gasteiger partial charge on any atom is 0.240 e. The molecule has 2 heterocycles. The summed E-state index contributed by atoms with van der Waals surface area (Å²) >= 11 is 0. The molecule has 0 fully saturated rings. The number of amides is 2. The van der Waals surface area contributed by atoms with Crippen molar-refractivity contribution >= 4 is 18.0 Å². The van der Waals surface area contributed by atoms with Crippen LogP contribution in [0.4, 0.5) is 0 Å². The number of hydrogen-bond acceptors (Lipinski definition) is 6. The molecule has 2 amide bonds. The number of hydrogen-bond donors (Lipinski definition) is 2. The summed E-state index contributed by atoms with van der Waals surface area (Å²) in [6, 6.07) is 18.7. The van der Waals surface area contributed by atoms with Crippen molar-refractivity contribution in [2.24, 2.45) is 5.10 Å². The summed E-state index contributed by atoms with van der Waals surface area (Å²) in [6.45, 7) is 0. The first-order chi connectivity index (χ1) is 16.1. The zero-order valence-corrected chi connectivity index (χ0v) is 18.4. The maximum absolute atomic E-state index is 11.5. The molecule has 1 unspecified atom stereocenters. The lowest BCUT2D eigenvalue weighted by molar-refractivity contribution is -0.121. The number of hydrazone groups is 1. The molecule has 1 atom stereocenters. The van der Waals surface area contributed by atoms with Crippen LogP contribution in [-0.2, 0) is 9.59 Å². The zero-order valence-electron chi connectivity index (χ0n) is 18.4. The lowest BCUT2D eigenvalue weighted by Gasteiger charge is -2.22. The largest absolute Gasteiger partial charge is 0.497 e. The second-order valence-electron chi connectivity index (χ2n) is 7.44. The Hall–Kier alpha value is -4.20. The van der Waals surface area contributed by atoms with Crippen molar-refractivity contribution < 1.29 is 19.1 Å². The van der Waals surface area contributed by atoms with Crippen molar-refractivity contribution in [3.63, 3.8) is 0 Å². The fourth-order valence-electron chi connectivity index (χ4n) is 3.72. The highest BCUT2D eigenvalue weighted by Gasteiger charge is 2.24. The topological polar surface area (TPSA) is 102 Å². The predicted octanol–water partition coefficient (Wildman–Crippen LogP) is 3.49. The SMILES string of the molecule is COc1ccc(-c2ccc(C(NC=O)C3=NNC(=O)CC3)nc2-c2ccc(OC)cc2)cc1. The highest BCUT2D eigenvalue weighted by atomic mass is 16.5. The van der Waals surface area contributed by atoms with Crippen molar-refractivity contribution in [1.29, 1.82) is 0 Å². The van der Waals surface area contributed by atoms with Gasteiger partial charge in [0.1, 0.15) is 17.5 Å². The van der Waals surface area contributed by atoms with Gasteiger partial charge < -0.3 is 14.8 Å². The molecule has 2 N–H and O–H groups in total. The molecule has 2 aromatic carbocycles. The minimum atomic E-state index is -0.551. The number of nitrogens with one attached hydrogen (secondary N) is 2. The number of carbonyl (C=O) groups excluding carboxylic acids is 2. The summed E-state index contributed by atoms with van der Waals surface area (Å²) in [5.74, 6) is 1.36. The van der Waals surface area contributed by atoms with E-state index in [-0.39, 0.29) is 5.91 Å². The van der Waals surface area contributed by atoms with Crippen LogP contribution in [-0.4, -0.2) is 37.2 Å². The van der Waals surface area contributed by atoms with Crippen molar-refractivity contribution in [2.45, 2.75) is 18.9 Å². The number of benzene rings is 2. The molecule has 0 saturated carbocycles. The first kappa shape index (κ1) is 22.0. The van der Waals surface area contributed by atoms with Gasteiger partial charge in [-0.2, -0.15) is 5.10 Å². The number of rotatable bonds is 8. The number of methoxy groups -OCH3 is 2. The first-order valence-electron chi connectivity index (χ1n) is 10.5. The Balaban J connectivity index is 1.82. The van der Waals surface area contributed by atoms with Crippen LogP contribution in [0.5, 0.6) is 11.5 Å². The lowest BCUT2D eigenvalue weighted by Crippen LogP contribution is -2.35. The standard InChI is InChI=1S/C25H24N4O4/c1-32-18-7-3-16(4-8-18)20-11-12-21(25(26-15-30)22-13-14-23(31)29-28-22)27-24(20)17-5-9-19(33-2)10-6-17/h3-12,15,25H,13-14H2,1-2H3,(H,26,30)(H,29,31). The van der Waals surface area contributed by atoms with Crippen LogP contribution < -0.4 is 20.2 Å². The molecule has 0 saturated heterocycles. The molecule has 1 aliphatic heterocycles. The van der Waals surface area contributed by atoms with E-state index in [4.69, 9.17) is 14.5 Å². The highest BCUT2D eigenvalue weighted by Crippen LogP contribution is 2.34. The molecule has 3 aromatic rings. The first-order valence-corrected chi connectivity index (χ1v) is 10.5. The Morgan fingerprint density at radius 1 is 0.909 bits per heavy atom. The number of carbonyl (C=O) groups is 2. The van der Waals surface area contributed by atoms with Crippen LogP contribution in [0.25, 0.3) is 22.4 Å². The van der Waals surface area contributed by atoms with Crippen LogP contribution in [0.15, 0.2) is 65.8 Å². The Morgan fingerprint density at radius 2 is 1.55 bits per heavy atom. The monoisotopic (exact) mass is 444 g/mol. The van der Waals surface area contributed by atoms with Gasteiger partial charge in [-0.15, -0.1) is 0 Å². The normalized spacial score (nSPS) is 14.0. The third kappa shape index (κ3) is 4.85. The third-order valence-corrected chi connectivity index (χ3v) is 5.48. The Bertz CT molecular complexity index is 1170. The van der Waals surface area contributed by atoms with Gasteiger partial charge in [0, 0.05) is 17.5 Å². The number of ether oxygens (including phenoxy) is 2. The summed E-state index contributed by atoms with van der Waals surface area (Å²) in [7, 11) is 3.25. The molecule has 0 radical (unpaired) electrons. The minimum absolute atomic E-state index is 0.148. The van der Waals surface area contributed by atoms with Crippen LogP contribution in [0.1, 0.15) is 24.6 Å². The Morgan fingerprint density at radius 3 is 2.09 bits per heavy atom. The van der Waals surface area contributed by atoms with E-state index in [9.17, 15) is 9.59 Å².